The van der Waals surface area contributed by atoms with E-state index in [1.54, 1.807) is 20.1 Å². The zero-order chi connectivity index (χ0) is 20.4. The molecule has 148 valence electrons. The quantitative estimate of drug-likeness (QED) is 0.872. The minimum Gasteiger partial charge on any atom is -0.493 e. The van der Waals surface area contributed by atoms with Crippen molar-refractivity contribution < 1.29 is 27.8 Å². The summed E-state index contributed by atoms with van der Waals surface area (Å²) in [7, 11) is 3.06. The molecule has 8 heteroatoms. The number of benzene rings is 2. The Hall–Kier alpha value is -3.16. The third-order valence-electron chi connectivity index (χ3n) is 4.86. The van der Waals surface area contributed by atoms with Crippen LogP contribution in [-0.2, 0) is 6.42 Å². The molecule has 1 N–H and O–H groups in total. The summed E-state index contributed by atoms with van der Waals surface area (Å²) >= 11 is 0. The van der Waals surface area contributed by atoms with E-state index in [0.29, 0.717) is 24.5 Å². The molecule has 3 rings (SSSR count). The maximum absolute atomic E-state index is 13.8. The lowest BCUT2D eigenvalue weighted by Crippen LogP contribution is -2.47. The van der Waals surface area contributed by atoms with Gasteiger partial charge >= 0.3 is 6.03 Å². The number of fused-ring (bicyclic) bond motifs is 1. The number of nitrogens with one attached hydrogen (secondary N) is 1. The number of hydrogen-bond donors (Lipinski definition) is 1. The van der Waals surface area contributed by atoms with Gasteiger partial charge in [-0.1, -0.05) is 6.07 Å². The zero-order valence-corrected chi connectivity index (χ0v) is 15.7. The number of halogens is 2. The van der Waals surface area contributed by atoms with Crippen LogP contribution in [0.3, 0.4) is 0 Å². The molecule has 0 fully saturated rings. The zero-order valence-electron chi connectivity index (χ0n) is 15.7. The molecule has 28 heavy (non-hydrogen) atoms. The number of rotatable bonds is 3. The topological polar surface area (TPSA) is 67.9 Å². The summed E-state index contributed by atoms with van der Waals surface area (Å²) < 4.78 is 38.2. The highest BCUT2D eigenvalue weighted by molar-refractivity contribution is 6.04. The lowest BCUT2D eigenvalue weighted by atomic mass is 9.93. The van der Waals surface area contributed by atoms with Crippen LogP contribution in [0.1, 0.15) is 34.5 Å². The minimum atomic E-state index is -1.12. The van der Waals surface area contributed by atoms with E-state index >= 15 is 0 Å². The van der Waals surface area contributed by atoms with Gasteiger partial charge in [0.05, 0.1) is 20.3 Å². The third kappa shape index (κ3) is 3.49. The van der Waals surface area contributed by atoms with Crippen molar-refractivity contribution in [2.24, 2.45) is 0 Å². The molecule has 3 amide bonds. The standard InChI is InChI=1S/C20H20F2N2O4/c1-11-13-10-17(28-3)16(27-2)9-12(13)7-8-24(11)20(26)23-19(25)18-14(21)5-4-6-15(18)22/h4-6,9-11H,7-8H2,1-3H3,(H,23,25,26)/t11-/m0/s1. The van der Waals surface area contributed by atoms with Crippen LogP contribution in [0.15, 0.2) is 30.3 Å². The Morgan fingerprint density at radius 1 is 1.11 bits per heavy atom. The Kier molecular flexibility index (Phi) is 5.48. The maximum Gasteiger partial charge on any atom is 0.324 e. The Bertz CT molecular complexity index is 912. The highest BCUT2D eigenvalue weighted by Gasteiger charge is 2.31. The molecule has 1 atom stereocenters. The van der Waals surface area contributed by atoms with Gasteiger partial charge in [0.25, 0.3) is 5.91 Å². The molecule has 0 bridgehead atoms. The lowest BCUT2D eigenvalue weighted by molar-refractivity contribution is 0.0936. The summed E-state index contributed by atoms with van der Waals surface area (Å²) in [5.74, 6) is -2.05. The van der Waals surface area contributed by atoms with Crippen LogP contribution in [0.2, 0.25) is 0 Å². The van der Waals surface area contributed by atoms with Gasteiger partial charge in [0, 0.05) is 6.54 Å². The average Bonchev–Trinajstić information content (AvgIpc) is 2.67. The Balaban J connectivity index is 1.82. The van der Waals surface area contributed by atoms with E-state index < -0.39 is 29.1 Å². The van der Waals surface area contributed by atoms with Crippen LogP contribution in [0.4, 0.5) is 13.6 Å². The van der Waals surface area contributed by atoms with Gasteiger partial charge < -0.3 is 14.4 Å². The second-order valence-electron chi connectivity index (χ2n) is 6.38. The van der Waals surface area contributed by atoms with Gasteiger partial charge in [-0.05, 0) is 48.7 Å². The van der Waals surface area contributed by atoms with E-state index in [9.17, 15) is 18.4 Å². The van der Waals surface area contributed by atoms with Crippen LogP contribution in [0.25, 0.3) is 0 Å². The molecule has 0 saturated heterocycles. The first-order valence-corrected chi connectivity index (χ1v) is 8.68. The van der Waals surface area contributed by atoms with Crippen molar-refractivity contribution in [2.45, 2.75) is 19.4 Å². The van der Waals surface area contributed by atoms with Gasteiger partial charge in [-0.3, -0.25) is 10.1 Å². The molecule has 0 aliphatic carbocycles. The SMILES string of the molecule is COc1cc2c(cc1OC)[C@H](C)N(C(=O)NC(=O)c1c(F)cccc1F)CC2. The number of amides is 3. The summed E-state index contributed by atoms with van der Waals surface area (Å²) in [5.41, 5.74) is 1.07. The van der Waals surface area contributed by atoms with E-state index in [1.807, 2.05) is 6.07 Å². The number of urea groups is 1. The monoisotopic (exact) mass is 390 g/mol. The van der Waals surface area contributed by atoms with Crippen molar-refractivity contribution in [3.05, 3.63) is 58.7 Å². The second-order valence-corrected chi connectivity index (χ2v) is 6.38. The average molecular weight is 390 g/mol. The van der Waals surface area contributed by atoms with Gasteiger partial charge in [0.2, 0.25) is 0 Å². The molecule has 0 unspecified atom stereocenters. The highest BCUT2D eigenvalue weighted by Crippen LogP contribution is 2.37. The van der Waals surface area contributed by atoms with E-state index in [0.717, 1.165) is 29.3 Å². The molecular formula is C20H20F2N2O4. The van der Waals surface area contributed by atoms with Gasteiger partial charge in [0.1, 0.15) is 17.2 Å². The normalized spacial score (nSPS) is 15.6. The molecule has 2 aromatic rings. The smallest absolute Gasteiger partial charge is 0.324 e. The van der Waals surface area contributed by atoms with E-state index in [-0.39, 0.29) is 6.04 Å². The summed E-state index contributed by atoms with van der Waals surface area (Å²) in [5, 5.41) is 2.07. The van der Waals surface area contributed by atoms with Crippen LogP contribution in [0.5, 0.6) is 11.5 Å². The molecular weight excluding hydrogens is 370 g/mol. The van der Waals surface area contributed by atoms with Crippen molar-refractivity contribution in [3.8, 4) is 11.5 Å². The van der Waals surface area contributed by atoms with Gasteiger partial charge in [0.15, 0.2) is 11.5 Å². The maximum atomic E-state index is 13.8. The van der Waals surface area contributed by atoms with Gasteiger partial charge in [-0.2, -0.15) is 0 Å². The molecule has 1 aliphatic heterocycles. The first-order chi connectivity index (χ1) is 13.4. The van der Waals surface area contributed by atoms with Gasteiger partial charge in [-0.25, -0.2) is 13.6 Å². The highest BCUT2D eigenvalue weighted by atomic mass is 19.1. The summed E-state index contributed by atoms with van der Waals surface area (Å²) in [4.78, 5) is 26.2. The predicted octanol–water partition coefficient (Wildman–Crippen LogP) is 3.45. The number of ether oxygens (including phenoxy) is 2. The number of nitrogens with zero attached hydrogens (tertiary/aromatic N) is 1. The van der Waals surface area contributed by atoms with E-state index in [1.165, 1.54) is 12.0 Å². The van der Waals surface area contributed by atoms with Crippen molar-refractivity contribution >= 4 is 11.9 Å². The van der Waals surface area contributed by atoms with E-state index in [4.69, 9.17) is 9.47 Å². The third-order valence-corrected chi connectivity index (χ3v) is 4.86. The first-order valence-electron chi connectivity index (χ1n) is 8.68. The number of carbonyl (C=O) groups excluding carboxylic acids is 2. The molecule has 0 spiro atoms. The number of imide groups is 1. The number of carbonyl (C=O) groups is 2. The van der Waals surface area contributed by atoms with Crippen molar-refractivity contribution in [1.29, 1.82) is 0 Å². The number of methoxy groups -OCH3 is 2. The molecule has 0 radical (unpaired) electrons. The van der Waals surface area contributed by atoms with Crippen LogP contribution < -0.4 is 14.8 Å². The fourth-order valence-electron chi connectivity index (χ4n) is 3.37. The van der Waals surface area contributed by atoms with Crippen LogP contribution in [-0.4, -0.2) is 37.6 Å². The van der Waals surface area contributed by atoms with Crippen molar-refractivity contribution in [1.82, 2.24) is 10.2 Å². The molecule has 0 saturated carbocycles. The largest absolute Gasteiger partial charge is 0.493 e. The predicted molar refractivity (Wildman–Crippen MR) is 97.6 cm³/mol. The Morgan fingerprint density at radius 2 is 1.71 bits per heavy atom. The molecule has 0 aromatic heterocycles. The molecule has 1 heterocycles. The van der Waals surface area contributed by atoms with Gasteiger partial charge in [-0.15, -0.1) is 0 Å². The molecule has 6 nitrogen and oxygen atoms in total. The molecule has 2 aromatic carbocycles. The number of hydrogen-bond acceptors (Lipinski definition) is 4. The Labute approximate surface area is 161 Å². The molecule has 1 aliphatic rings. The minimum absolute atomic E-state index is 0.336. The summed E-state index contributed by atoms with van der Waals surface area (Å²) in [6.45, 7) is 2.14. The summed E-state index contributed by atoms with van der Waals surface area (Å²) in [6, 6.07) is 5.62. The van der Waals surface area contributed by atoms with Crippen molar-refractivity contribution in [3.63, 3.8) is 0 Å². The summed E-state index contributed by atoms with van der Waals surface area (Å²) in [6.07, 6.45) is 0.537. The van der Waals surface area contributed by atoms with E-state index in [2.05, 4.69) is 5.32 Å². The fourth-order valence-corrected chi connectivity index (χ4v) is 3.37. The second kappa shape index (κ2) is 7.84. The lowest BCUT2D eigenvalue weighted by Gasteiger charge is -2.35. The first kappa shape index (κ1) is 19.6. The Morgan fingerprint density at radius 3 is 2.32 bits per heavy atom. The van der Waals surface area contributed by atoms with Crippen LogP contribution >= 0.6 is 0 Å². The van der Waals surface area contributed by atoms with Crippen molar-refractivity contribution in [2.75, 3.05) is 20.8 Å². The van der Waals surface area contributed by atoms with Crippen LogP contribution in [0, 0.1) is 11.6 Å². The fraction of sp³-hybridized carbons (Fsp3) is 0.300.